The van der Waals surface area contributed by atoms with Crippen LogP contribution in [0.4, 0.5) is 4.79 Å². The predicted molar refractivity (Wildman–Crippen MR) is 65.9 cm³/mol. The number of rotatable bonds is 4. The van der Waals surface area contributed by atoms with Gasteiger partial charge >= 0.3 is 12.1 Å². The SMILES string of the molecule is O=C(OC[C@@H]1C[C@@H](CO)N1C(=O)O)c1ccccc1. The van der Waals surface area contributed by atoms with Gasteiger partial charge in [0.2, 0.25) is 0 Å². The van der Waals surface area contributed by atoms with Gasteiger partial charge in [0.05, 0.1) is 24.3 Å². The molecule has 1 amide bonds. The topological polar surface area (TPSA) is 87.1 Å². The summed E-state index contributed by atoms with van der Waals surface area (Å²) in [6, 6.07) is 7.75. The quantitative estimate of drug-likeness (QED) is 0.792. The average molecular weight is 265 g/mol. The Morgan fingerprint density at radius 1 is 1.26 bits per heavy atom. The zero-order valence-electron chi connectivity index (χ0n) is 10.2. The monoisotopic (exact) mass is 265 g/mol. The molecule has 0 aromatic heterocycles. The molecular weight excluding hydrogens is 250 g/mol. The number of carbonyl (C=O) groups is 2. The third-order valence-corrected chi connectivity index (χ3v) is 3.18. The van der Waals surface area contributed by atoms with Crippen LogP contribution >= 0.6 is 0 Å². The van der Waals surface area contributed by atoms with E-state index in [1.807, 2.05) is 0 Å². The fourth-order valence-corrected chi connectivity index (χ4v) is 2.15. The Morgan fingerprint density at radius 2 is 1.95 bits per heavy atom. The number of ether oxygens (including phenoxy) is 1. The Kier molecular flexibility index (Phi) is 4.01. The van der Waals surface area contributed by atoms with E-state index in [0.29, 0.717) is 12.0 Å². The molecule has 0 spiro atoms. The molecule has 0 bridgehead atoms. The van der Waals surface area contributed by atoms with E-state index >= 15 is 0 Å². The number of esters is 1. The van der Waals surface area contributed by atoms with Gasteiger partial charge in [0.25, 0.3) is 0 Å². The van der Waals surface area contributed by atoms with E-state index in [2.05, 4.69) is 0 Å². The minimum absolute atomic E-state index is 0.0104. The minimum atomic E-state index is -1.11. The van der Waals surface area contributed by atoms with Crippen LogP contribution < -0.4 is 0 Å². The zero-order valence-corrected chi connectivity index (χ0v) is 10.2. The number of aliphatic hydroxyl groups excluding tert-OH is 1. The molecule has 1 aromatic rings. The third kappa shape index (κ3) is 2.85. The van der Waals surface area contributed by atoms with Gasteiger partial charge < -0.3 is 14.9 Å². The number of benzene rings is 1. The molecule has 1 heterocycles. The van der Waals surface area contributed by atoms with Crippen molar-refractivity contribution in [3.8, 4) is 0 Å². The molecule has 2 atom stereocenters. The van der Waals surface area contributed by atoms with Gasteiger partial charge in [-0.2, -0.15) is 0 Å². The molecule has 0 radical (unpaired) electrons. The molecule has 2 rings (SSSR count). The first-order valence-electron chi connectivity index (χ1n) is 5.97. The smallest absolute Gasteiger partial charge is 0.407 e. The van der Waals surface area contributed by atoms with E-state index in [1.165, 1.54) is 0 Å². The van der Waals surface area contributed by atoms with Crippen LogP contribution in [-0.2, 0) is 4.74 Å². The lowest BCUT2D eigenvalue weighted by atomic mass is 9.95. The number of amides is 1. The van der Waals surface area contributed by atoms with E-state index in [1.54, 1.807) is 30.3 Å². The predicted octanol–water partition coefficient (Wildman–Crippen LogP) is 0.957. The van der Waals surface area contributed by atoms with Gasteiger partial charge in [-0.25, -0.2) is 9.59 Å². The van der Waals surface area contributed by atoms with Crippen LogP contribution in [0.5, 0.6) is 0 Å². The molecule has 0 aliphatic carbocycles. The molecule has 1 aliphatic heterocycles. The lowest BCUT2D eigenvalue weighted by molar-refractivity contribution is -0.0342. The van der Waals surface area contributed by atoms with Crippen molar-refractivity contribution in [3.05, 3.63) is 35.9 Å². The van der Waals surface area contributed by atoms with Crippen LogP contribution in [0.3, 0.4) is 0 Å². The lowest BCUT2D eigenvalue weighted by Crippen LogP contribution is -2.61. The normalized spacial score (nSPS) is 21.6. The summed E-state index contributed by atoms with van der Waals surface area (Å²) in [6.45, 7) is -0.202. The molecule has 6 nitrogen and oxygen atoms in total. The van der Waals surface area contributed by atoms with Gasteiger partial charge in [-0.3, -0.25) is 4.90 Å². The molecule has 1 fully saturated rings. The second-order valence-electron chi connectivity index (χ2n) is 4.38. The van der Waals surface area contributed by atoms with Gasteiger partial charge in [-0.15, -0.1) is 0 Å². The Balaban J connectivity index is 1.86. The summed E-state index contributed by atoms with van der Waals surface area (Å²) < 4.78 is 5.08. The number of carbonyl (C=O) groups excluding carboxylic acids is 1. The first-order chi connectivity index (χ1) is 9.13. The molecule has 6 heteroatoms. The number of hydrogen-bond donors (Lipinski definition) is 2. The highest BCUT2D eigenvalue weighted by Crippen LogP contribution is 2.25. The molecule has 19 heavy (non-hydrogen) atoms. The van der Waals surface area contributed by atoms with E-state index in [4.69, 9.17) is 14.9 Å². The molecule has 1 aromatic carbocycles. The fourth-order valence-electron chi connectivity index (χ4n) is 2.15. The van der Waals surface area contributed by atoms with Crippen molar-refractivity contribution in [1.29, 1.82) is 0 Å². The van der Waals surface area contributed by atoms with Crippen molar-refractivity contribution in [2.24, 2.45) is 0 Å². The summed E-state index contributed by atoms with van der Waals surface area (Å²) in [4.78, 5) is 23.8. The van der Waals surface area contributed by atoms with Gasteiger partial charge in [0, 0.05) is 0 Å². The molecular formula is C13H15NO5. The highest BCUT2D eigenvalue weighted by molar-refractivity contribution is 5.89. The molecule has 1 aliphatic rings. The fraction of sp³-hybridized carbons (Fsp3) is 0.385. The van der Waals surface area contributed by atoms with E-state index < -0.39 is 18.1 Å². The largest absolute Gasteiger partial charge is 0.465 e. The highest BCUT2D eigenvalue weighted by Gasteiger charge is 2.42. The molecule has 0 unspecified atom stereocenters. The van der Waals surface area contributed by atoms with Crippen LogP contribution in [0.2, 0.25) is 0 Å². The number of aliphatic hydroxyl groups is 1. The van der Waals surface area contributed by atoms with Crippen LogP contribution in [0.1, 0.15) is 16.8 Å². The Hall–Kier alpha value is -2.08. The van der Waals surface area contributed by atoms with E-state index in [-0.39, 0.29) is 19.3 Å². The summed E-state index contributed by atoms with van der Waals surface area (Å²) >= 11 is 0. The second-order valence-corrected chi connectivity index (χ2v) is 4.38. The molecule has 102 valence electrons. The maximum absolute atomic E-state index is 11.7. The van der Waals surface area contributed by atoms with Crippen molar-refractivity contribution in [2.45, 2.75) is 18.5 Å². The van der Waals surface area contributed by atoms with Crippen LogP contribution in [-0.4, -0.2) is 52.5 Å². The van der Waals surface area contributed by atoms with Crippen LogP contribution in [0, 0.1) is 0 Å². The van der Waals surface area contributed by atoms with Gasteiger partial charge in [0.15, 0.2) is 0 Å². The number of likely N-dealkylation sites (tertiary alicyclic amines) is 1. The van der Waals surface area contributed by atoms with Crippen LogP contribution in [0.15, 0.2) is 30.3 Å². The van der Waals surface area contributed by atoms with Crippen molar-refractivity contribution in [3.63, 3.8) is 0 Å². The molecule has 0 saturated carbocycles. The van der Waals surface area contributed by atoms with Crippen molar-refractivity contribution < 1.29 is 24.5 Å². The van der Waals surface area contributed by atoms with Crippen LogP contribution in [0.25, 0.3) is 0 Å². The average Bonchev–Trinajstić information content (AvgIpc) is 2.37. The van der Waals surface area contributed by atoms with E-state index in [9.17, 15) is 9.59 Å². The van der Waals surface area contributed by atoms with Crippen molar-refractivity contribution in [1.82, 2.24) is 4.90 Å². The molecule has 2 N–H and O–H groups in total. The Bertz CT molecular complexity index is 461. The molecule has 1 saturated heterocycles. The summed E-state index contributed by atoms with van der Waals surface area (Å²) in [6.07, 6.45) is -0.601. The maximum Gasteiger partial charge on any atom is 0.407 e. The van der Waals surface area contributed by atoms with Gasteiger partial charge in [-0.1, -0.05) is 18.2 Å². The number of nitrogens with zero attached hydrogens (tertiary/aromatic N) is 1. The summed E-state index contributed by atoms with van der Waals surface area (Å²) in [5, 5.41) is 17.9. The Labute approximate surface area is 110 Å². The standard InChI is InChI=1S/C13H15NO5/c15-7-10-6-11(14(10)13(17)18)8-19-12(16)9-4-2-1-3-5-9/h1-5,10-11,15H,6-8H2,(H,17,18)/t10-,11-/m0/s1. The van der Waals surface area contributed by atoms with Crippen molar-refractivity contribution >= 4 is 12.1 Å². The van der Waals surface area contributed by atoms with E-state index in [0.717, 1.165) is 4.90 Å². The summed E-state index contributed by atoms with van der Waals surface area (Å²) in [5.74, 6) is -0.474. The summed E-state index contributed by atoms with van der Waals surface area (Å²) in [5.41, 5.74) is 0.433. The summed E-state index contributed by atoms with van der Waals surface area (Å²) in [7, 11) is 0. The lowest BCUT2D eigenvalue weighted by Gasteiger charge is -2.45. The first kappa shape index (κ1) is 13.4. The van der Waals surface area contributed by atoms with Gasteiger partial charge in [0.1, 0.15) is 6.61 Å². The second kappa shape index (κ2) is 5.71. The third-order valence-electron chi connectivity index (χ3n) is 3.18. The van der Waals surface area contributed by atoms with Crippen molar-refractivity contribution in [2.75, 3.05) is 13.2 Å². The minimum Gasteiger partial charge on any atom is -0.465 e. The maximum atomic E-state index is 11.7. The van der Waals surface area contributed by atoms with Gasteiger partial charge in [-0.05, 0) is 18.6 Å². The number of carboxylic acid groups (broad SMARTS) is 1. The number of hydrogen-bond acceptors (Lipinski definition) is 4. The zero-order chi connectivity index (χ0) is 13.8. The Morgan fingerprint density at radius 3 is 2.53 bits per heavy atom. The first-order valence-corrected chi connectivity index (χ1v) is 5.97. The highest BCUT2D eigenvalue weighted by atomic mass is 16.5.